The summed E-state index contributed by atoms with van der Waals surface area (Å²) in [6, 6.07) is 0.987. The maximum atomic E-state index is 6.72. The van der Waals surface area contributed by atoms with Gasteiger partial charge in [0.1, 0.15) is 0 Å². The molecule has 0 aromatic rings. The second-order valence-electron chi connectivity index (χ2n) is 11.1. The van der Waals surface area contributed by atoms with Crippen LogP contribution < -0.4 is 0 Å². The Morgan fingerprint density at radius 1 is 0.469 bits per heavy atom. The topological polar surface area (TPSA) is 55.4 Å². The fourth-order valence-corrected chi connectivity index (χ4v) is 21.7. The highest BCUT2D eigenvalue weighted by molar-refractivity contribution is 6.89. The summed E-state index contributed by atoms with van der Waals surface area (Å²) in [6.07, 6.45) is 5.34. The van der Waals surface area contributed by atoms with Crippen LogP contribution in [0.4, 0.5) is 0 Å². The second-order valence-corrected chi connectivity index (χ2v) is 27.5. The van der Waals surface area contributed by atoms with Crippen molar-refractivity contribution in [3.8, 4) is 0 Å². The third kappa shape index (κ3) is 21.2. The van der Waals surface area contributed by atoms with Crippen LogP contribution in [-0.2, 0) is 26.6 Å². The van der Waals surface area contributed by atoms with Crippen molar-refractivity contribution in [3.63, 3.8) is 0 Å². The third-order valence-corrected chi connectivity index (χ3v) is 17.8. The summed E-state index contributed by atoms with van der Waals surface area (Å²) >= 11 is 0. The lowest BCUT2D eigenvalue weighted by Crippen LogP contribution is -2.56. The Labute approximate surface area is 203 Å². The Balaban J connectivity index is 4.13. The van der Waals surface area contributed by atoms with Crippen LogP contribution in [0, 0.1) is 0 Å². The van der Waals surface area contributed by atoms with E-state index < -0.39 is 33.8 Å². The Bertz CT molecular complexity index is 468. The van der Waals surface area contributed by atoms with E-state index in [0.717, 1.165) is 58.2 Å². The summed E-state index contributed by atoms with van der Waals surface area (Å²) in [5.74, 6) is 0. The molecule has 0 saturated heterocycles. The molecule has 0 bridgehead atoms. The van der Waals surface area contributed by atoms with Crippen molar-refractivity contribution >= 4 is 33.8 Å². The van der Waals surface area contributed by atoms with E-state index in [1.807, 2.05) is 0 Å². The summed E-state index contributed by atoms with van der Waals surface area (Å²) in [7, 11) is -7.86. The van der Waals surface area contributed by atoms with Crippen molar-refractivity contribution in [1.29, 1.82) is 0 Å². The molecule has 0 fully saturated rings. The first-order valence-corrected chi connectivity index (χ1v) is 24.7. The molecule has 1 unspecified atom stereocenters. The van der Waals surface area contributed by atoms with Crippen LogP contribution in [0.1, 0.15) is 39.0 Å². The number of unbranched alkanes of at least 4 members (excludes halogenated alkanes) is 2. The highest BCUT2D eigenvalue weighted by Crippen LogP contribution is 2.28. The molecule has 0 aliphatic heterocycles. The molecule has 0 amide bonds. The summed E-state index contributed by atoms with van der Waals surface area (Å²) in [5.41, 5.74) is 0. The van der Waals surface area contributed by atoms with Crippen LogP contribution in [-0.4, -0.2) is 73.4 Å². The highest BCUT2D eigenvalue weighted by atomic mass is 28.5. The van der Waals surface area contributed by atoms with Gasteiger partial charge in [-0.05, 0) is 90.7 Å². The molecule has 0 aliphatic carbocycles. The molecule has 0 aliphatic rings. The van der Waals surface area contributed by atoms with Crippen molar-refractivity contribution in [3.05, 3.63) is 0 Å². The molecule has 0 aromatic carbocycles. The molecule has 1 atom stereocenters. The normalized spacial score (nSPS) is 15.2. The molecule has 0 spiro atoms. The number of hydrogen-bond donors (Lipinski definition) is 0. The molecule has 0 heterocycles. The van der Waals surface area contributed by atoms with Crippen LogP contribution in [0.2, 0.25) is 65.0 Å². The van der Waals surface area contributed by atoms with Gasteiger partial charge in [-0.1, -0.05) is 13.3 Å². The molecule has 194 valence electrons. The minimum atomic E-state index is -2.29. The zero-order chi connectivity index (χ0) is 24.7. The Morgan fingerprint density at radius 2 is 0.938 bits per heavy atom. The number of hydrogen-bond acceptors (Lipinski definition) is 6. The maximum absolute atomic E-state index is 6.72. The van der Waals surface area contributed by atoms with Gasteiger partial charge in [0.2, 0.25) is 0 Å². The van der Waals surface area contributed by atoms with E-state index in [1.54, 1.807) is 0 Å². The van der Waals surface area contributed by atoms with Crippen LogP contribution in [0.5, 0.6) is 0 Å². The van der Waals surface area contributed by atoms with Gasteiger partial charge in [-0.2, -0.15) is 0 Å². The van der Waals surface area contributed by atoms with E-state index in [4.69, 9.17) is 26.6 Å². The Hall–Kier alpha value is 0.628. The van der Waals surface area contributed by atoms with Crippen LogP contribution in [0.3, 0.4) is 0 Å². The minimum Gasteiger partial charge on any atom is -0.437 e. The predicted octanol–water partition coefficient (Wildman–Crippen LogP) is 6.50. The van der Waals surface area contributed by atoms with Gasteiger partial charge in [0.15, 0.2) is 16.6 Å². The van der Waals surface area contributed by atoms with E-state index in [1.165, 1.54) is 6.42 Å². The zero-order valence-corrected chi connectivity index (χ0v) is 26.9. The van der Waals surface area contributed by atoms with Gasteiger partial charge in [-0.25, -0.2) is 0 Å². The van der Waals surface area contributed by atoms with E-state index in [-0.39, 0.29) is 0 Å². The quantitative estimate of drug-likeness (QED) is 0.126. The smallest absolute Gasteiger partial charge is 0.315 e. The van der Waals surface area contributed by atoms with E-state index in [2.05, 4.69) is 65.8 Å². The van der Waals surface area contributed by atoms with Gasteiger partial charge in [0, 0.05) is 26.4 Å². The largest absolute Gasteiger partial charge is 0.437 e. The third-order valence-electron chi connectivity index (χ3n) is 4.30. The molecular weight excluding hydrogens is 473 g/mol. The Kier molecular flexibility index (Phi) is 16.6. The summed E-state index contributed by atoms with van der Waals surface area (Å²) in [6.45, 7) is 26.6. The van der Waals surface area contributed by atoms with Gasteiger partial charge < -0.3 is 26.6 Å². The molecule has 0 saturated carbocycles. The maximum Gasteiger partial charge on any atom is 0.315 e. The molecule has 0 radical (unpaired) electrons. The monoisotopic (exact) mass is 526 g/mol. The highest BCUT2D eigenvalue weighted by Gasteiger charge is 2.44. The Morgan fingerprint density at radius 3 is 1.44 bits per heavy atom. The van der Waals surface area contributed by atoms with Crippen molar-refractivity contribution in [2.24, 2.45) is 0 Å². The van der Waals surface area contributed by atoms with Crippen molar-refractivity contribution < 1.29 is 26.6 Å². The minimum absolute atomic E-state index is 0.650. The molecule has 0 rings (SSSR count). The van der Waals surface area contributed by atoms with Gasteiger partial charge in [0.05, 0.1) is 13.2 Å². The molecule has 0 aromatic heterocycles. The molecule has 32 heavy (non-hydrogen) atoms. The lowest BCUT2D eigenvalue weighted by molar-refractivity contribution is 0.0346. The van der Waals surface area contributed by atoms with Crippen LogP contribution in [0.15, 0.2) is 0 Å². The first-order valence-electron chi connectivity index (χ1n) is 12.5. The van der Waals surface area contributed by atoms with E-state index >= 15 is 0 Å². The molecule has 10 heteroatoms. The second kappa shape index (κ2) is 16.3. The number of rotatable bonds is 21. The van der Waals surface area contributed by atoms with Gasteiger partial charge in [-0.3, -0.25) is 0 Å². The zero-order valence-electron chi connectivity index (χ0n) is 22.9. The number of ether oxygens (including phenoxy) is 3. The van der Waals surface area contributed by atoms with Gasteiger partial charge in [-0.15, -0.1) is 0 Å². The standard InChI is InChI=1S/C22H54O6Si4/c1-11-12-16-23-18-15-19-25-21-20-24-17-13-14-22-32(10,27-30(5,6)7)28-31(8,9)26-29(2,3)4/h11-22H2,1-10H3. The first-order chi connectivity index (χ1) is 14.7. The van der Waals surface area contributed by atoms with E-state index in [0.29, 0.717) is 13.2 Å². The van der Waals surface area contributed by atoms with Crippen LogP contribution in [0.25, 0.3) is 0 Å². The average molecular weight is 527 g/mol. The summed E-state index contributed by atoms with van der Waals surface area (Å²) in [5, 5.41) is 0. The van der Waals surface area contributed by atoms with Crippen molar-refractivity contribution in [2.45, 2.75) is 104 Å². The van der Waals surface area contributed by atoms with Crippen LogP contribution >= 0.6 is 0 Å². The molecular formula is C22H54O6Si4. The average Bonchev–Trinajstić information content (AvgIpc) is 2.57. The van der Waals surface area contributed by atoms with Gasteiger partial charge >= 0.3 is 17.1 Å². The lowest BCUT2D eigenvalue weighted by atomic mass is 10.4. The van der Waals surface area contributed by atoms with Crippen molar-refractivity contribution in [1.82, 2.24) is 0 Å². The summed E-state index contributed by atoms with van der Waals surface area (Å²) < 4.78 is 36.7. The fourth-order valence-electron chi connectivity index (χ4n) is 3.63. The first kappa shape index (κ1) is 32.6. The van der Waals surface area contributed by atoms with Crippen molar-refractivity contribution in [2.75, 3.05) is 39.6 Å². The lowest BCUT2D eigenvalue weighted by Gasteiger charge is -2.41. The fraction of sp³-hybridized carbons (Fsp3) is 1.00. The summed E-state index contributed by atoms with van der Waals surface area (Å²) in [4.78, 5) is 0. The van der Waals surface area contributed by atoms with Gasteiger partial charge in [0.25, 0.3) is 0 Å². The molecule has 0 N–H and O–H groups in total. The van der Waals surface area contributed by atoms with E-state index in [9.17, 15) is 0 Å². The predicted molar refractivity (Wildman–Crippen MR) is 145 cm³/mol. The SMILES string of the molecule is CCCCOCCCOCCOCCCC[Si](C)(O[Si](C)(C)C)O[Si](C)(C)O[Si](C)(C)C. The molecule has 6 nitrogen and oxygen atoms in total.